The van der Waals surface area contributed by atoms with Gasteiger partial charge in [-0.1, -0.05) is 17.3 Å². The molecule has 1 aromatic carbocycles. The summed E-state index contributed by atoms with van der Waals surface area (Å²) in [5.74, 6) is 2.23. The number of hydrogen-bond acceptors (Lipinski definition) is 8. The molecule has 0 amide bonds. The summed E-state index contributed by atoms with van der Waals surface area (Å²) in [7, 11) is 0. The van der Waals surface area contributed by atoms with Crippen molar-refractivity contribution in [1.82, 2.24) is 20.0 Å². The average Bonchev–Trinajstić information content (AvgIpc) is 3.06. The fourth-order valence-electron chi connectivity index (χ4n) is 3.69. The summed E-state index contributed by atoms with van der Waals surface area (Å²) in [4.78, 5) is 24.5. The molecule has 0 N–H and O–H groups in total. The fraction of sp³-hybridized carbons (Fsp3) is 0.381. The zero-order valence-electron chi connectivity index (χ0n) is 17.3. The predicted molar refractivity (Wildman–Crippen MR) is 112 cm³/mol. The van der Waals surface area contributed by atoms with Crippen LogP contribution in [-0.2, 0) is 6.54 Å². The lowest BCUT2D eigenvalue weighted by Gasteiger charge is -2.35. The van der Waals surface area contributed by atoms with Gasteiger partial charge in [0, 0.05) is 67.7 Å². The normalized spacial score (nSPS) is 14.8. The van der Waals surface area contributed by atoms with E-state index >= 15 is 0 Å². The number of piperazine rings is 1. The molecular weight excluding hydrogens is 384 g/mol. The molecule has 0 spiro atoms. The maximum absolute atomic E-state index is 11.1. The first-order valence-electron chi connectivity index (χ1n) is 9.90. The first-order valence-corrected chi connectivity index (χ1v) is 9.90. The third-order valence-electron chi connectivity index (χ3n) is 5.42. The van der Waals surface area contributed by atoms with Gasteiger partial charge in [-0.3, -0.25) is 15.0 Å². The molecule has 0 saturated carbocycles. The van der Waals surface area contributed by atoms with Gasteiger partial charge in [-0.25, -0.2) is 9.97 Å². The lowest BCUT2D eigenvalue weighted by molar-refractivity contribution is -0.384. The molecule has 2 aromatic heterocycles. The van der Waals surface area contributed by atoms with Crippen molar-refractivity contribution in [1.29, 1.82) is 0 Å². The minimum Gasteiger partial charge on any atom is -0.361 e. The SMILES string of the molecule is Cc1cc(N2CCN(Cc3c(C)noc3C)CC2)nc(-c2cccc([N+](=O)[O-])c2)n1. The van der Waals surface area contributed by atoms with Crippen LogP contribution in [0.5, 0.6) is 0 Å². The lowest BCUT2D eigenvalue weighted by atomic mass is 10.1. The summed E-state index contributed by atoms with van der Waals surface area (Å²) in [6, 6.07) is 8.41. The third kappa shape index (κ3) is 4.16. The summed E-state index contributed by atoms with van der Waals surface area (Å²) in [6.45, 7) is 10.2. The molecule has 4 rings (SSSR count). The van der Waals surface area contributed by atoms with Crippen molar-refractivity contribution >= 4 is 11.5 Å². The van der Waals surface area contributed by atoms with Gasteiger partial charge in [0.05, 0.1) is 10.6 Å². The van der Waals surface area contributed by atoms with Crippen molar-refractivity contribution < 1.29 is 9.45 Å². The average molecular weight is 408 g/mol. The van der Waals surface area contributed by atoms with Crippen LogP contribution in [-0.4, -0.2) is 51.1 Å². The zero-order chi connectivity index (χ0) is 21.3. The number of non-ortho nitro benzene ring substituents is 1. The molecule has 0 bridgehead atoms. The second kappa shape index (κ2) is 8.19. The molecule has 1 aliphatic heterocycles. The highest BCUT2D eigenvalue weighted by Gasteiger charge is 2.22. The smallest absolute Gasteiger partial charge is 0.270 e. The standard InChI is InChI=1S/C21H24N6O3/c1-14-11-20(23-21(22-14)17-5-4-6-18(12-17)27(28)29)26-9-7-25(8-10-26)13-19-15(2)24-30-16(19)3/h4-6,11-12H,7-10,13H2,1-3H3. The van der Waals surface area contributed by atoms with Crippen LogP contribution in [0.25, 0.3) is 11.4 Å². The van der Waals surface area contributed by atoms with E-state index in [4.69, 9.17) is 9.51 Å². The van der Waals surface area contributed by atoms with Crippen LogP contribution in [0.2, 0.25) is 0 Å². The number of nitrogens with zero attached hydrogens (tertiary/aromatic N) is 6. The molecule has 0 aliphatic carbocycles. The number of nitro benzene ring substituents is 1. The van der Waals surface area contributed by atoms with Gasteiger partial charge in [0.25, 0.3) is 5.69 Å². The molecule has 156 valence electrons. The van der Waals surface area contributed by atoms with Crippen LogP contribution in [0, 0.1) is 30.9 Å². The van der Waals surface area contributed by atoms with E-state index in [2.05, 4.69) is 19.9 Å². The van der Waals surface area contributed by atoms with Gasteiger partial charge in [0.15, 0.2) is 5.82 Å². The maximum atomic E-state index is 11.1. The van der Waals surface area contributed by atoms with E-state index in [-0.39, 0.29) is 5.69 Å². The number of nitro groups is 1. The summed E-state index contributed by atoms with van der Waals surface area (Å²) in [5.41, 5.74) is 3.62. The predicted octanol–water partition coefficient (Wildman–Crippen LogP) is 3.29. The van der Waals surface area contributed by atoms with Crippen molar-refractivity contribution in [3.63, 3.8) is 0 Å². The number of anilines is 1. The van der Waals surface area contributed by atoms with Gasteiger partial charge in [-0.05, 0) is 20.8 Å². The van der Waals surface area contributed by atoms with E-state index in [9.17, 15) is 10.1 Å². The van der Waals surface area contributed by atoms with Crippen LogP contribution in [0.15, 0.2) is 34.9 Å². The van der Waals surface area contributed by atoms with E-state index < -0.39 is 4.92 Å². The van der Waals surface area contributed by atoms with Crippen LogP contribution in [0.1, 0.15) is 22.7 Å². The Hall–Kier alpha value is -3.33. The molecule has 1 aliphatic rings. The molecule has 3 aromatic rings. The van der Waals surface area contributed by atoms with Crippen LogP contribution in [0.3, 0.4) is 0 Å². The Morgan fingerprint density at radius 1 is 1.10 bits per heavy atom. The molecule has 3 heterocycles. The number of aryl methyl sites for hydroxylation is 3. The van der Waals surface area contributed by atoms with Crippen LogP contribution < -0.4 is 4.90 Å². The minimum atomic E-state index is -0.404. The van der Waals surface area contributed by atoms with Crippen LogP contribution >= 0.6 is 0 Å². The summed E-state index contributed by atoms with van der Waals surface area (Å²) >= 11 is 0. The zero-order valence-corrected chi connectivity index (χ0v) is 17.3. The van der Waals surface area contributed by atoms with Gasteiger partial charge in [0.1, 0.15) is 11.6 Å². The maximum Gasteiger partial charge on any atom is 0.270 e. The molecule has 0 radical (unpaired) electrons. The summed E-state index contributed by atoms with van der Waals surface area (Å²) < 4.78 is 5.27. The fourth-order valence-corrected chi connectivity index (χ4v) is 3.69. The van der Waals surface area contributed by atoms with Gasteiger partial charge in [0.2, 0.25) is 0 Å². The highest BCUT2D eigenvalue weighted by atomic mass is 16.6. The summed E-state index contributed by atoms with van der Waals surface area (Å²) in [5, 5.41) is 15.1. The number of hydrogen-bond donors (Lipinski definition) is 0. The Labute approximate surface area is 174 Å². The first kappa shape index (κ1) is 20.0. The monoisotopic (exact) mass is 408 g/mol. The Balaban J connectivity index is 1.49. The number of aromatic nitrogens is 3. The van der Waals surface area contributed by atoms with E-state index in [1.807, 2.05) is 26.8 Å². The Bertz CT molecular complexity index is 1050. The first-order chi connectivity index (χ1) is 14.4. The highest BCUT2D eigenvalue weighted by Crippen LogP contribution is 2.25. The second-order valence-electron chi connectivity index (χ2n) is 7.56. The molecule has 9 heteroatoms. The number of benzene rings is 1. The van der Waals surface area contributed by atoms with Crippen LogP contribution in [0.4, 0.5) is 11.5 Å². The van der Waals surface area contributed by atoms with Gasteiger partial charge >= 0.3 is 0 Å². The molecule has 0 unspecified atom stereocenters. The number of rotatable bonds is 5. The topological polar surface area (TPSA) is 101 Å². The highest BCUT2D eigenvalue weighted by molar-refractivity contribution is 5.61. The van der Waals surface area contributed by atoms with Gasteiger partial charge in [-0.15, -0.1) is 0 Å². The Morgan fingerprint density at radius 3 is 2.53 bits per heavy atom. The molecule has 1 saturated heterocycles. The van der Waals surface area contributed by atoms with E-state index in [0.29, 0.717) is 11.4 Å². The van der Waals surface area contributed by atoms with E-state index in [0.717, 1.165) is 61.3 Å². The molecule has 0 atom stereocenters. The molecular formula is C21H24N6O3. The van der Waals surface area contributed by atoms with Crippen molar-refractivity contribution in [3.8, 4) is 11.4 Å². The van der Waals surface area contributed by atoms with Gasteiger partial charge < -0.3 is 9.42 Å². The van der Waals surface area contributed by atoms with Crippen molar-refractivity contribution in [2.45, 2.75) is 27.3 Å². The van der Waals surface area contributed by atoms with E-state index in [1.54, 1.807) is 12.1 Å². The largest absolute Gasteiger partial charge is 0.361 e. The third-order valence-corrected chi connectivity index (χ3v) is 5.42. The van der Waals surface area contributed by atoms with Crippen molar-refractivity contribution in [3.05, 3.63) is 63.2 Å². The van der Waals surface area contributed by atoms with Gasteiger partial charge in [-0.2, -0.15) is 0 Å². The molecule has 9 nitrogen and oxygen atoms in total. The Morgan fingerprint density at radius 2 is 1.87 bits per heavy atom. The Kier molecular flexibility index (Phi) is 5.45. The molecule has 1 fully saturated rings. The lowest BCUT2D eigenvalue weighted by Crippen LogP contribution is -2.46. The van der Waals surface area contributed by atoms with Crippen molar-refractivity contribution in [2.75, 3.05) is 31.1 Å². The summed E-state index contributed by atoms with van der Waals surface area (Å²) in [6.07, 6.45) is 0. The molecule has 30 heavy (non-hydrogen) atoms. The van der Waals surface area contributed by atoms with Crippen molar-refractivity contribution in [2.24, 2.45) is 0 Å². The minimum absolute atomic E-state index is 0.0343. The quantitative estimate of drug-likeness (QED) is 0.468. The van der Waals surface area contributed by atoms with E-state index in [1.165, 1.54) is 12.1 Å². The second-order valence-corrected chi connectivity index (χ2v) is 7.56.